The van der Waals surface area contributed by atoms with Crippen molar-refractivity contribution in [2.45, 2.75) is 32.6 Å². The average Bonchev–Trinajstić information content (AvgIpc) is 2.60. The monoisotopic (exact) mass is 325 g/mol. The first-order valence-electron chi connectivity index (χ1n) is 8.26. The van der Waals surface area contributed by atoms with Crippen LogP contribution in [-0.2, 0) is 9.53 Å². The van der Waals surface area contributed by atoms with E-state index in [4.69, 9.17) is 4.74 Å². The number of hydrogen-bond acceptors (Lipinski definition) is 4. The first kappa shape index (κ1) is 17.7. The summed E-state index contributed by atoms with van der Waals surface area (Å²) >= 11 is 0. The molecule has 0 radical (unpaired) electrons. The third kappa shape index (κ3) is 5.54. The summed E-state index contributed by atoms with van der Waals surface area (Å²) < 4.78 is 4.93. The molecule has 0 aliphatic carbocycles. The third-order valence-electron chi connectivity index (χ3n) is 3.64. The highest BCUT2D eigenvalue weighted by atomic mass is 16.5. The van der Waals surface area contributed by atoms with Gasteiger partial charge in [0.1, 0.15) is 5.75 Å². The molecular weight excluding hydrogens is 302 g/mol. The number of hydrogen-bond donors (Lipinski definition) is 1. The van der Waals surface area contributed by atoms with E-state index < -0.39 is 0 Å². The van der Waals surface area contributed by atoms with Gasteiger partial charge < -0.3 is 9.84 Å². The van der Waals surface area contributed by atoms with Crippen molar-refractivity contribution in [3.8, 4) is 5.75 Å². The molecule has 4 heteroatoms. The Morgan fingerprint density at radius 1 is 1.17 bits per heavy atom. The van der Waals surface area contributed by atoms with Crippen LogP contribution in [0.2, 0.25) is 0 Å². The number of benzene rings is 1. The normalized spacial score (nSPS) is 11.3. The summed E-state index contributed by atoms with van der Waals surface area (Å²) in [5.74, 6) is 0.117. The second-order valence-electron chi connectivity index (χ2n) is 5.46. The highest BCUT2D eigenvalue weighted by Gasteiger charge is 2.06. The van der Waals surface area contributed by atoms with Crippen molar-refractivity contribution in [1.29, 1.82) is 0 Å². The predicted molar refractivity (Wildman–Crippen MR) is 94.5 cm³/mol. The summed E-state index contributed by atoms with van der Waals surface area (Å²) in [4.78, 5) is 15.5. The van der Waals surface area contributed by atoms with E-state index in [0.717, 1.165) is 36.0 Å². The Bertz CT molecular complexity index is 663. The summed E-state index contributed by atoms with van der Waals surface area (Å²) in [5, 5.41) is 9.48. The van der Waals surface area contributed by atoms with Gasteiger partial charge in [0.2, 0.25) is 0 Å². The number of aromatic hydroxyl groups is 1. The van der Waals surface area contributed by atoms with Gasteiger partial charge in [-0.2, -0.15) is 0 Å². The molecule has 0 bridgehead atoms. The lowest BCUT2D eigenvalue weighted by Gasteiger charge is -2.09. The van der Waals surface area contributed by atoms with Crippen LogP contribution in [0.5, 0.6) is 5.75 Å². The predicted octanol–water partition coefficient (Wildman–Crippen LogP) is 4.34. The molecule has 4 nitrogen and oxygen atoms in total. The first-order valence-corrected chi connectivity index (χ1v) is 8.26. The molecule has 0 spiro atoms. The maximum absolute atomic E-state index is 11.3. The number of carbonyl (C=O) groups is 1. The molecule has 0 fully saturated rings. The molecule has 126 valence electrons. The van der Waals surface area contributed by atoms with Crippen LogP contribution in [-0.4, -0.2) is 22.7 Å². The van der Waals surface area contributed by atoms with Crippen molar-refractivity contribution >= 4 is 11.5 Å². The van der Waals surface area contributed by atoms with Crippen LogP contribution in [0.4, 0.5) is 0 Å². The number of allylic oxidation sites excluding steroid dienone is 1. The molecule has 2 rings (SSSR count). The molecule has 0 aliphatic rings. The van der Waals surface area contributed by atoms with Crippen LogP contribution in [0.15, 0.2) is 54.9 Å². The van der Waals surface area contributed by atoms with Crippen LogP contribution < -0.4 is 0 Å². The van der Waals surface area contributed by atoms with Crippen molar-refractivity contribution in [3.05, 3.63) is 66.0 Å². The maximum Gasteiger partial charge on any atom is 0.305 e. The number of aromatic nitrogens is 1. The van der Waals surface area contributed by atoms with Gasteiger partial charge in [-0.15, -0.1) is 0 Å². The van der Waals surface area contributed by atoms with E-state index in [9.17, 15) is 9.90 Å². The van der Waals surface area contributed by atoms with E-state index in [0.29, 0.717) is 13.0 Å². The molecule has 2 aromatic rings. The Kier molecular flexibility index (Phi) is 7.02. The third-order valence-corrected chi connectivity index (χ3v) is 3.64. The van der Waals surface area contributed by atoms with E-state index in [1.807, 2.05) is 37.4 Å². The zero-order valence-electron chi connectivity index (χ0n) is 13.9. The summed E-state index contributed by atoms with van der Waals surface area (Å²) in [5.41, 5.74) is 3.15. The molecule has 0 atom stereocenters. The van der Waals surface area contributed by atoms with Crippen molar-refractivity contribution in [2.24, 2.45) is 0 Å². The number of esters is 1. The molecule has 1 aromatic heterocycles. The van der Waals surface area contributed by atoms with Crippen molar-refractivity contribution in [2.75, 3.05) is 6.61 Å². The minimum Gasteiger partial charge on any atom is -0.508 e. The molecule has 0 aliphatic heterocycles. The second kappa shape index (κ2) is 9.50. The Hall–Kier alpha value is -2.62. The van der Waals surface area contributed by atoms with Gasteiger partial charge in [0.05, 0.1) is 6.61 Å². The van der Waals surface area contributed by atoms with E-state index >= 15 is 0 Å². The minimum atomic E-state index is -0.132. The zero-order valence-corrected chi connectivity index (χ0v) is 13.9. The topological polar surface area (TPSA) is 59.4 Å². The number of unbranched alkanes of at least 4 members (excludes halogenated alkanes) is 2. The quantitative estimate of drug-likeness (QED) is 0.579. The first-order chi connectivity index (χ1) is 11.7. The van der Waals surface area contributed by atoms with Crippen molar-refractivity contribution in [3.63, 3.8) is 0 Å². The number of nitrogens with zero attached hydrogens (tertiary/aromatic N) is 1. The SMILES string of the molecule is CCOC(=O)CCCC/C=C(\c1ccc(O)cc1)c1cccnc1. The molecule has 0 saturated heterocycles. The van der Waals surface area contributed by atoms with Gasteiger partial charge in [0.15, 0.2) is 0 Å². The van der Waals surface area contributed by atoms with Crippen LogP contribution in [0, 0.1) is 0 Å². The van der Waals surface area contributed by atoms with Gasteiger partial charge in [-0.25, -0.2) is 0 Å². The molecule has 1 heterocycles. The molecule has 1 N–H and O–H groups in total. The van der Waals surface area contributed by atoms with Crippen LogP contribution in [0.1, 0.15) is 43.7 Å². The zero-order chi connectivity index (χ0) is 17.2. The van der Waals surface area contributed by atoms with Gasteiger partial charge in [0.25, 0.3) is 0 Å². The van der Waals surface area contributed by atoms with Gasteiger partial charge in [-0.3, -0.25) is 9.78 Å². The van der Waals surface area contributed by atoms with E-state index in [-0.39, 0.29) is 11.7 Å². The summed E-state index contributed by atoms with van der Waals surface area (Å²) in [6.07, 6.45) is 8.79. The average molecular weight is 325 g/mol. The number of phenolic OH excluding ortho intramolecular Hbond substituents is 1. The fourth-order valence-corrected chi connectivity index (χ4v) is 2.46. The van der Waals surface area contributed by atoms with Crippen LogP contribution in [0.3, 0.4) is 0 Å². The highest BCUT2D eigenvalue weighted by molar-refractivity contribution is 5.79. The minimum absolute atomic E-state index is 0.132. The molecule has 1 aromatic carbocycles. The summed E-state index contributed by atoms with van der Waals surface area (Å²) in [6, 6.07) is 11.1. The number of carbonyl (C=O) groups excluding carboxylic acids is 1. The Labute approximate surface area is 142 Å². The lowest BCUT2D eigenvalue weighted by molar-refractivity contribution is -0.143. The Morgan fingerprint density at radius 3 is 2.62 bits per heavy atom. The van der Waals surface area contributed by atoms with Gasteiger partial charge >= 0.3 is 5.97 Å². The van der Waals surface area contributed by atoms with Crippen LogP contribution in [0.25, 0.3) is 5.57 Å². The fraction of sp³-hybridized carbons (Fsp3) is 0.300. The standard InChI is InChI=1S/C20H23NO3/c1-2-24-20(23)9-5-3-4-8-19(17-7-6-14-21-15-17)16-10-12-18(22)13-11-16/h6-8,10-15,22H,2-5,9H2,1H3/b19-8+. The van der Waals surface area contributed by atoms with E-state index in [1.54, 1.807) is 18.3 Å². The number of ether oxygens (including phenoxy) is 1. The summed E-state index contributed by atoms with van der Waals surface area (Å²) in [6.45, 7) is 2.25. The second-order valence-corrected chi connectivity index (χ2v) is 5.46. The highest BCUT2D eigenvalue weighted by Crippen LogP contribution is 2.25. The molecule has 24 heavy (non-hydrogen) atoms. The van der Waals surface area contributed by atoms with Gasteiger partial charge in [0, 0.05) is 24.4 Å². The summed E-state index contributed by atoms with van der Waals surface area (Å²) in [7, 11) is 0. The molecule has 0 amide bonds. The lowest BCUT2D eigenvalue weighted by Crippen LogP contribution is -2.02. The van der Waals surface area contributed by atoms with Crippen LogP contribution >= 0.6 is 0 Å². The number of pyridine rings is 1. The van der Waals surface area contributed by atoms with Crippen molar-refractivity contribution in [1.82, 2.24) is 4.98 Å². The van der Waals surface area contributed by atoms with E-state index in [2.05, 4.69) is 11.1 Å². The Balaban J connectivity index is 2.03. The lowest BCUT2D eigenvalue weighted by atomic mass is 9.97. The Morgan fingerprint density at radius 2 is 1.96 bits per heavy atom. The number of rotatable bonds is 8. The fourth-order valence-electron chi connectivity index (χ4n) is 2.46. The molecular formula is C20H23NO3. The van der Waals surface area contributed by atoms with Crippen molar-refractivity contribution < 1.29 is 14.6 Å². The molecule has 0 saturated carbocycles. The van der Waals surface area contributed by atoms with Gasteiger partial charge in [-0.05, 0) is 55.5 Å². The van der Waals surface area contributed by atoms with E-state index in [1.165, 1.54) is 0 Å². The number of phenols is 1. The van der Waals surface area contributed by atoms with Gasteiger partial charge in [-0.1, -0.05) is 24.3 Å². The molecule has 0 unspecified atom stereocenters. The maximum atomic E-state index is 11.3. The smallest absolute Gasteiger partial charge is 0.305 e. The largest absolute Gasteiger partial charge is 0.508 e.